The van der Waals surface area contributed by atoms with E-state index in [2.05, 4.69) is 18.2 Å². The fraction of sp³-hybridized carbons (Fsp3) is 0.727. The van der Waals surface area contributed by atoms with Crippen LogP contribution >= 0.6 is 0 Å². The number of hydrogen-bond acceptors (Lipinski definition) is 1. The Labute approximate surface area is 163 Å². The molecule has 0 unspecified atom stereocenters. The van der Waals surface area contributed by atoms with Crippen molar-refractivity contribution in [3.8, 4) is 5.75 Å². The van der Waals surface area contributed by atoms with Crippen LogP contribution in [0.15, 0.2) is 24.3 Å². The first kappa shape index (κ1) is 20.8. The minimum absolute atomic E-state index is 0.124. The monoisotopic (exact) mass is 398 g/mol. The summed E-state index contributed by atoms with van der Waals surface area (Å²) in [5.41, 5.74) is 2.79. The van der Waals surface area contributed by atoms with Gasteiger partial charge in [0.25, 0.3) is 0 Å². The summed E-state index contributed by atoms with van der Waals surface area (Å²) < 4.78 is 40.9. The molecule has 2 fully saturated rings. The molecule has 5 heteroatoms. The van der Waals surface area contributed by atoms with Crippen molar-refractivity contribution in [2.45, 2.75) is 89.1 Å². The predicted octanol–water partition coefficient (Wildman–Crippen LogP) is 6.83. The van der Waals surface area contributed by atoms with Crippen LogP contribution in [-0.4, -0.2) is 15.9 Å². The number of alkyl halides is 3. The van der Waals surface area contributed by atoms with Gasteiger partial charge in [0.1, 0.15) is 5.75 Å². The molecule has 3 rings (SSSR count). The van der Waals surface area contributed by atoms with Crippen molar-refractivity contribution in [1.82, 2.24) is 0 Å². The summed E-state index contributed by atoms with van der Waals surface area (Å²) in [7, 11) is 0.145. The van der Waals surface area contributed by atoms with E-state index in [-0.39, 0.29) is 15.3 Å². The smallest absolute Gasteiger partial charge is 0.406 e. The molecule has 27 heavy (non-hydrogen) atoms. The van der Waals surface area contributed by atoms with Gasteiger partial charge in [-0.05, 0) is 73.5 Å². The molecule has 1 aromatic rings. The molecule has 0 saturated heterocycles. The van der Waals surface area contributed by atoms with E-state index in [0.29, 0.717) is 11.3 Å². The van der Waals surface area contributed by atoms with Crippen molar-refractivity contribution in [3.63, 3.8) is 0 Å². The normalized spacial score (nSPS) is 32.7. The molecule has 0 spiro atoms. The van der Waals surface area contributed by atoms with Gasteiger partial charge in [-0.15, -0.1) is 13.2 Å². The third kappa shape index (κ3) is 5.10. The minimum atomic E-state index is -4.62. The quantitative estimate of drug-likeness (QED) is 0.494. The Morgan fingerprint density at radius 1 is 1.00 bits per heavy atom. The Kier molecular flexibility index (Phi) is 6.60. The van der Waals surface area contributed by atoms with Crippen LogP contribution in [0.1, 0.15) is 76.2 Å². The average molecular weight is 399 g/mol. The molecule has 0 amide bonds. The molecule has 2 aliphatic rings. The number of ether oxygens (including phenoxy) is 1. The number of benzene rings is 1. The second-order valence-corrected chi connectivity index (χ2v) is 10.7. The Hall–Kier alpha value is -0.973. The standard InChI is InChI=1S/C22H33F3OSi/c1-3-21(14-12-20(27-2)13-15-21)18-8-4-16(5-9-18)17-6-10-19(11-7-17)26-22(23,24)25/h6-7,10-11,16,18,20H,3-5,8-9,12-15,27H2,1-2H3/t16?,18?,20-,21-. The third-order valence-corrected chi connectivity index (χ3v) is 9.53. The summed E-state index contributed by atoms with van der Waals surface area (Å²) in [6, 6.07) is 6.55. The first-order valence-electron chi connectivity index (χ1n) is 10.7. The Balaban J connectivity index is 1.57. The van der Waals surface area contributed by atoms with Crippen LogP contribution < -0.4 is 4.74 Å². The van der Waals surface area contributed by atoms with Crippen LogP contribution in [0.3, 0.4) is 0 Å². The van der Waals surface area contributed by atoms with Crippen LogP contribution in [0.25, 0.3) is 0 Å². The zero-order chi connectivity index (χ0) is 19.5. The highest BCUT2D eigenvalue weighted by Crippen LogP contribution is 2.54. The van der Waals surface area contributed by atoms with E-state index >= 15 is 0 Å². The van der Waals surface area contributed by atoms with E-state index in [1.807, 2.05) is 12.1 Å². The maximum absolute atomic E-state index is 12.3. The minimum Gasteiger partial charge on any atom is -0.406 e. The number of halogens is 3. The van der Waals surface area contributed by atoms with E-state index in [4.69, 9.17) is 0 Å². The van der Waals surface area contributed by atoms with Gasteiger partial charge in [0.2, 0.25) is 0 Å². The summed E-state index contributed by atoms with van der Waals surface area (Å²) in [6.45, 7) is 4.84. The Morgan fingerprint density at radius 2 is 1.59 bits per heavy atom. The predicted molar refractivity (Wildman–Crippen MR) is 107 cm³/mol. The maximum atomic E-state index is 12.3. The highest BCUT2D eigenvalue weighted by Gasteiger charge is 2.41. The second kappa shape index (κ2) is 8.58. The van der Waals surface area contributed by atoms with Crippen molar-refractivity contribution in [1.29, 1.82) is 0 Å². The molecular formula is C22H33F3OSi. The molecule has 0 heterocycles. The highest BCUT2D eigenvalue weighted by atomic mass is 28.2. The van der Waals surface area contributed by atoms with Crippen molar-refractivity contribution >= 4 is 9.52 Å². The molecule has 0 atom stereocenters. The van der Waals surface area contributed by atoms with E-state index in [9.17, 15) is 13.2 Å². The summed E-state index contributed by atoms with van der Waals surface area (Å²) >= 11 is 0. The fourth-order valence-electron chi connectivity index (χ4n) is 5.69. The van der Waals surface area contributed by atoms with Gasteiger partial charge in [-0.3, -0.25) is 0 Å². The van der Waals surface area contributed by atoms with Gasteiger partial charge < -0.3 is 4.74 Å². The molecule has 0 bridgehead atoms. The van der Waals surface area contributed by atoms with E-state index < -0.39 is 6.36 Å². The van der Waals surface area contributed by atoms with Gasteiger partial charge in [-0.25, -0.2) is 0 Å². The molecule has 152 valence electrons. The summed E-state index contributed by atoms with van der Waals surface area (Å²) in [4.78, 5) is 0. The van der Waals surface area contributed by atoms with Crippen molar-refractivity contribution in [2.75, 3.05) is 0 Å². The molecule has 1 nitrogen and oxygen atoms in total. The maximum Gasteiger partial charge on any atom is 0.573 e. The van der Waals surface area contributed by atoms with Crippen LogP contribution in [-0.2, 0) is 0 Å². The molecule has 1 aromatic carbocycles. The summed E-state index contributed by atoms with van der Waals surface area (Å²) in [6.07, 6.45) is 7.32. The van der Waals surface area contributed by atoms with Gasteiger partial charge >= 0.3 is 6.36 Å². The van der Waals surface area contributed by atoms with E-state index in [0.717, 1.165) is 29.9 Å². The van der Waals surface area contributed by atoms with Gasteiger partial charge in [-0.2, -0.15) is 0 Å². The Morgan fingerprint density at radius 3 is 2.07 bits per heavy atom. The lowest BCUT2D eigenvalue weighted by Crippen LogP contribution is -2.36. The first-order chi connectivity index (χ1) is 12.8. The summed E-state index contributed by atoms with van der Waals surface area (Å²) in [5, 5.41) is 0. The van der Waals surface area contributed by atoms with E-state index in [1.54, 1.807) is 0 Å². The van der Waals surface area contributed by atoms with Gasteiger partial charge in [-0.1, -0.05) is 50.4 Å². The lowest BCUT2D eigenvalue weighted by Gasteiger charge is -2.48. The lowest BCUT2D eigenvalue weighted by atomic mass is 9.59. The SMILES string of the molecule is CC[C@]1(C2CCC(c3ccc(OC(F)(F)F)cc3)CC2)CC[C@H]([SiH2]C)CC1. The van der Waals surface area contributed by atoms with Gasteiger partial charge in [0.15, 0.2) is 0 Å². The lowest BCUT2D eigenvalue weighted by molar-refractivity contribution is -0.274. The van der Waals surface area contributed by atoms with Crippen molar-refractivity contribution in [3.05, 3.63) is 29.8 Å². The Bertz CT molecular complexity index is 583. The third-order valence-electron chi connectivity index (χ3n) is 7.56. The zero-order valence-corrected chi connectivity index (χ0v) is 18.1. The van der Waals surface area contributed by atoms with Gasteiger partial charge in [0, 0.05) is 9.52 Å². The van der Waals surface area contributed by atoms with Crippen LogP contribution in [0.2, 0.25) is 12.1 Å². The van der Waals surface area contributed by atoms with Crippen LogP contribution in [0, 0.1) is 11.3 Å². The molecule has 0 radical (unpaired) electrons. The van der Waals surface area contributed by atoms with Gasteiger partial charge in [0.05, 0.1) is 0 Å². The molecule has 0 aliphatic heterocycles. The van der Waals surface area contributed by atoms with E-state index in [1.165, 1.54) is 57.1 Å². The molecular weight excluding hydrogens is 365 g/mol. The zero-order valence-electron chi connectivity index (χ0n) is 16.7. The first-order valence-corrected chi connectivity index (χ1v) is 12.9. The molecule has 0 aromatic heterocycles. The highest BCUT2D eigenvalue weighted by molar-refractivity contribution is 6.35. The van der Waals surface area contributed by atoms with Crippen LogP contribution in [0.5, 0.6) is 5.75 Å². The molecule has 2 saturated carbocycles. The molecule has 2 aliphatic carbocycles. The topological polar surface area (TPSA) is 9.23 Å². The largest absolute Gasteiger partial charge is 0.573 e. The average Bonchev–Trinajstić information content (AvgIpc) is 2.67. The second-order valence-electron chi connectivity index (χ2n) is 8.73. The summed E-state index contributed by atoms with van der Waals surface area (Å²) in [5.74, 6) is 1.20. The van der Waals surface area contributed by atoms with Crippen LogP contribution in [0.4, 0.5) is 13.2 Å². The molecule has 0 N–H and O–H groups in total. The number of rotatable bonds is 5. The number of hydrogen-bond donors (Lipinski definition) is 0. The fourth-order valence-corrected chi connectivity index (χ4v) is 6.92. The van der Waals surface area contributed by atoms with Crippen molar-refractivity contribution in [2.24, 2.45) is 11.3 Å². The van der Waals surface area contributed by atoms with Crippen molar-refractivity contribution < 1.29 is 17.9 Å².